The molecule has 37 heavy (non-hydrogen) atoms. The number of hydrogen-bond acceptors (Lipinski definition) is 6. The van der Waals surface area contributed by atoms with E-state index in [0.29, 0.717) is 31.2 Å². The molecule has 8 heteroatoms. The topological polar surface area (TPSA) is 101 Å². The number of pyridine rings is 1. The van der Waals surface area contributed by atoms with Crippen molar-refractivity contribution < 1.29 is 9.59 Å². The maximum absolute atomic E-state index is 12.0. The maximum Gasteiger partial charge on any atom is 0.241 e. The zero-order valence-electron chi connectivity index (χ0n) is 21.6. The van der Waals surface area contributed by atoms with Crippen LogP contribution in [0.5, 0.6) is 0 Å². The Morgan fingerprint density at radius 2 is 1.81 bits per heavy atom. The predicted molar refractivity (Wildman–Crippen MR) is 146 cm³/mol. The van der Waals surface area contributed by atoms with Crippen molar-refractivity contribution in [2.45, 2.75) is 19.3 Å². The molecule has 8 nitrogen and oxygen atoms in total. The third-order valence-electron chi connectivity index (χ3n) is 6.16. The average molecular weight is 499 g/mol. The Morgan fingerprint density at radius 1 is 1.08 bits per heavy atom. The molecule has 1 aliphatic rings. The molecule has 2 heterocycles. The zero-order chi connectivity index (χ0) is 26.6. The first-order valence-corrected chi connectivity index (χ1v) is 12.3. The molecule has 2 N–H and O–H groups in total. The molecule has 2 amide bonds. The number of amides is 2. The monoisotopic (exact) mass is 498 g/mol. The summed E-state index contributed by atoms with van der Waals surface area (Å²) in [6.45, 7) is 4.97. The fourth-order valence-corrected chi connectivity index (χ4v) is 3.90. The van der Waals surface area contributed by atoms with Gasteiger partial charge in [0.15, 0.2) is 0 Å². The van der Waals surface area contributed by atoms with Gasteiger partial charge < -0.3 is 20.4 Å². The molecule has 1 atom stereocenters. The van der Waals surface area contributed by atoms with Crippen LogP contribution in [0, 0.1) is 11.3 Å². The van der Waals surface area contributed by atoms with Crippen LogP contribution in [0.3, 0.4) is 0 Å². The third kappa shape index (κ3) is 8.44. The second-order valence-electron chi connectivity index (χ2n) is 9.04. The number of benzene rings is 2. The Kier molecular flexibility index (Phi) is 10.2. The number of anilines is 2. The first-order chi connectivity index (χ1) is 17.9. The molecule has 4 rings (SSSR count). The lowest BCUT2D eigenvalue weighted by molar-refractivity contribution is -0.129. The highest BCUT2D eigenvalue weighted by Gasteiger charge is 2.21. The molecule has 1 unspecified atom stereocenters. The summed E-state index contributed by atoms with van der Waals surface area (Å²) in [6, 6.07) is 23.1. The fourth-order valence-electron chi connectivity index (χ4n) is 3.90. The molecule has 0 bridgehead atoms. The van der Waals surface area contributed by atoms with E-state index < -0.39 is 0 Å². The van der Waals surface area contributed by atoms with E-state index in [-0.39, 0.29) is 11.8 Å². The van der Waals surface area contributed by atoms with Crippen LogP contribution in [0.4, 0.5) is 11.5 Å². The van der Waals surface area contributed by atoms with E-state index in [1.165, 1.54) is 5.56 Å². The molecule has 1 aromatic heterocycles. The quantitative estimate of drug-likeness (QED) is 0.518. The maximum atomic E-state index is 12.0. The molecule has 0 radical (unpaired) electrons. The highest BCUT2D eigenvalue weighted by Crippen LogP contribution is 2.17. The van der Waals surface area contributed by atoms with Gasteiger partial charge in [0.05, 0.1) is 36.5 Å². The third-order valence-corrected chi connectivity index (χ3v) is 6.16. The van der Waals surface area contributed by atoms with Crippen molar-refractivity contribution in [1.29, 1.82) is 5.26 Å². The van der Waals surface area contributed by atoms with Gasteiger partial charge in [0, 0.05) is 26.7 Å². The molecule has 0 spiro atoms. The van der Waals surface area contributed by atoms with Crippen LogP contribution in [0.15, 0.2) is 72.9 Å². The molecule has 1 saturated heterocycles. The Bertz CT molecular complexity index is 1190. The summed E-state index contributed by atoms with van der Waals surface area (Å²) in [5.74, 6) is 1.01. The van der Waals surface area contributed by atoms with Gasteiger partial charge in [-0.15, -0.1) is 0 Å². The van der Waals surface area contributed by atoms with Crippen molar-refractivity contribution in [2.24, 2.45) is 0 Å². The van der Waals surface area contributed by atoms with Crippen molar-refractivity contribution >= 4 is 23.3 Å². The number of carbonyl (C=O) groups is 2. The second-order valence-corrected chi connectivity index (χ2v) is 9.04. The lowest BCUT2D eigenvalue weighted by atomic mass is 10.0. The van der Waals surface area contributed by atoms with Crippen LogP contribution in [0.1, 0.15) is 29.5 Å². The summed E-state index contributed by atoms with van der Waals surface area (Å²) >= 11 is 0. The van der Waals surface area contributed by atoms with Gasteiger partial charge in [0.2, 0.25) is 11.8 Å². The van der Waals surface area contributed by atoms with Crippen molar-refractivity contribution in [3.8, 4) is 6.07 Å². The number of rotatable bonds is 7. The SMILES string of the molecule is CN1CCN(c2ccc(NC(=O)Cc3ccccc3)nc2)CC1=O.CNCC(C)c1ccc(C#N)cc1. The summed E-state index contributed by atoms with van der Waals surface area (Å²) in [6.07, 6.45) is 2.01. The van der Waals surface area contributed by atoms with Gasteiger partial charge in [0.25, 0.3) is 0 Å². The van der Waals surface area contributed by atoms with Crippen LogP contribution in [0.25, 0.3) is 0 Å². The van der Waals surface area contributed by atoms with Gasteiger partial charge in [-0.1, -0.05) is 49.4 Å². The number of nitrogens with zero attached hydrogens (tertiary/aromatic N) is 4. The molecule has 0 saturated carbocycles. The molecule has 192 valence electrons. The Morgan fingerprint density at radius 3 is 2.41 bits per heavy atom. The molecule has 1 fully saturated rings. The highest BCUT2D eigenvalue weighted by molar-refractivity contribution is 5.91. The summed E-state index contributed by atoms with van der Waals surface area (Å²) < 4.78 is 0. The van der Waals surface area contributed by atoms with Gasteiger partial charge in [-0.25, -0.2) is 4.98 Å². The van der Waals surface area contributed by atoms with Crippen molar-refractivity contribution in [3.63, 3.8) is 0 Å². The number of aromatic nitrogens is 1. The fraction of sp³-hybridized carbons (Fsp3) is 0.310. The van der Waals surface area contributed by atoms with Crippen LogP contribution >= 0.6 is 0 Å². The molecule has 0 aliphatic carbocycles. The zero-order valence-corrected chi connectivity index (χ0v) is 21.6. The van der Waals surface area contributed by atoms with Crippen LogP contribution in [-0.4, -0.2) is 62.0 Å². The predicted octanol–water partition coefficient (Wildman–Crippen LogP) is 3.42. The molecule has 2 aromatic carbocycles. The van der Waals surface area contributed by atoms with E-state index in [2.05, 4.69) is 28.6 Å². The van der Waals surface area contributed by atoms with Crippen molar-refractivity contribution in [1.82, 2.24) is 15.2 Å². The van der Waals surface area contributed by atoms with Gasteiger partial charge in [-0.2, -0.15) is 5.26 Å². The lowest BCUT2D eigenvalue weighted by Gasteiger charge is -2.33. The summed E-state index contributed by atoms with van der Waals surface area (Å²) in [7, 11) is 3.75. The molecular weight excluding hydrogens is 464 g/mol. The van der Waals surface area contributed by atoms with Crippen LogP contribution < -0.4 is 15.5 Å². The minimum Gasteiger partial charge on any atom is -0.359 e. The molecule has 3 aromatic rings. The first kappa shape index (κ1) is 27.4. The standard InChI is InChI=1S/C18H20N4O2.C11H14N2/c1-21-9-10-22(13-18(21)24)15-7-8-16(19-12-15)20-17(23)11-14-5-3-2-4-6-14;1-9(8-13-2)11-5-3-10(7-12)4-6-11/h2-8,12H,9-11,13H2,1H3,(H,19,20,23);3-6,9,13H,8H2,1-2H3. The summed E-state index contributed by atoms with van der Waals surface area (Å²) in [5.41, 5.74) is 3.84. The minimum atomic E-state index is -0.101. The van der Waals surface area contributed by atoms with Gasteiger partial charge in [-0.3, -0.25) is 9.59 Å². The first-order valence-electron chi connectivity index (χ1n) is 12.3. The summed E-state index contributed by atoms with van der Waals surface area (Å²) in [4.78, 5) is 31.8. The average Bonchev–Trinajstić information content (AvgIpc) is 2.92. The second kappa shape index (κ2) is 13.8. The largest absolute Gasteiger partial charge is 0.359 e. The van der Waals surface area contributed by atoms with E-state index in [0.717, 1.165) is 29.9 Å². The normalized spacial score (nSPS) is 13.7. The van der Waals surface area contributed by atoms with E-state index >= 15 is 0 Å². The number of piperazine rings is 1. The number of carbonyl (C=O) groups excluding carboxylic acids is 2. The number of nitrogens with one attached hydrogen (secondary N) is 2. The van der Waals surface area contributed by atoms with Gasteiger partial charge >= 0.3 is 0 Å². The summed E-state index contributed by atoms with van der Waals surface area (Å²) in [5, 5.41) is 14.5. The van der Waals surface area contributed by atoms with Gasteiger partial charge in [0.1, 0.15) is 5.82 Å². The van der Waals surface area contributed by atoms with Crippen LogP contribution in [-0.2, 0) is 16.0 Å². The van der Waals surface area contributed by atoms with E-state index in [4.69, 9.17) is 5.26 Å². The van der Waals surface area contributed by atoms with E-state index in [9.17, 15) is 9.59 Å². The van der Waals surface area contributed by atoms with Crippen LogP contribution in [0.2, 0.25) is 0 Å². The number of hydrogen-bond donors (Lipinski definition) is 2. The Labute approximate surface area is 218 Å². The smallest absolute Gasteiger partial charge is 0.241 e. The van der Waals surface area contributed by atoms with Crippen molar-refractivity contribution in [2.75, 3.05) is 50.5 Å². The number of likely N-dealkylation sites (N-methyl/N-ethyl adjacent to an activating group) is 2. The minimum absolute atomic E-state index is 0.0986. The lowest BCUT2D eigenvalue weighted by Crippen LogP contribution is -2.48. The Balaban J connectivity index is 0.000000248. The molecular formula is C29H34N6O2. The number of nitriles is 1. The Hall–Kier alpha value is -4.22. The van der Waals surface area contributed by atoms with Gasteiger partial charge in [-0.05, 0) is 48.4 Å². The molecule has 1 aliphatic heterocycles. The van der Waals surface area contributed by atoms with E-state index in [1.807, 2.05) is 79.7 Å². The highest BCUT2D eigenvalue weighted by atomic mass is 16.2. The van der Waals surface area contributed by atoms with Crippen molar-refractivity contribution in [3.05, 3.63) is 89.6 Å². The van der Waals surface area contributed by atoms with E-state index in [1.54, 1.807) is 17.2 Å².